The summed E-state index contributed by atoms with van der Waals surface area (Å²) in [5, 5.41) is 0.988. The minimum Gasteiger partial charge on any atom is -0.378 e. The number of amides is 1. The van der Waals surface area contributed by atoms with Crippen LogP contribution in [0.25, 0.3) is 11.1 Å². The molecule has 2 N–H and O–H groups in total. The Hall–Kier alpha value is -1.96. The maximum absolute atomic E-state index is 15.5. The topological polar surface area (TPSA) is 87.1 Å². The van der Waals surface area contributed by atoms with Crippen molar-refractivity contribution in [2.24, 2.45) is 0 Å². The lowest BCUT2D eigenvalue weighted by Gasteiger charge is -2.30. The van der Waals surface area contributed by atoms with Gasteiger partial charge in [0.15, 0.2) is 5.66 Å². The van der Waals surface area contributed by atoms with Crippen molar-refractivity contribution in [3.05, 3.63) is 92.2 Å². The van der Waals surface area contributed by atoms with Crippen LogP contribution in [0.15, 0.2) is 54.6 Å². The van der Waals surface area contributed by atoms with Crippen molar-refractivity contribution in [2.45, 2.75) is 12.1 Å². The zero-order chi connectivity index (χ0) is 26.0. The molecule has 11 heteroatoms. The molecule has 0 aromatic heterocycles. The highest BCUT2D eigenvalue weighted by Gasteiger charge is 2.40. The molecule has 190 valence electrons. The highest BCUT2D eigenvalue weighted by molar-refractivity contribution is 7.53. The number of morpholine rings is 1. The third-order valence-corrected chi connectivity index (χ3v) is 8.25. The second-order valence-electron chi connectivity index (χ2n) is 8.36. The Balaban J connectivity index is 1.62. The van der Waals surface area contributed by atoms with Crippen LogP contribution in [0.4, 0.5) is 4.39 Å². The van der Waals surface area contributed by atoms with Gasteiger partial charge in [-0.25, -0.2) is 4.39 Å². The highest BCUT2D eigenvalue weighted by atomic mass is 35.5. The number of halogens is 4. The van der Waals surface area contributed by atoms with Crippen LogP contribution in [0.1, 0.15) is 22.3 Å². The van der Waals surface area contributed by atoms with Gasteiger partial charge in [-0.05, 0) is 34.4 Å². The highest BCUT2D eigenvalue weighted by Crippen LogP contribution is 2.53. The van der Waals surface area contributed by atoms with E-state index in [1.807, 2.05) is 0 Å². The summed E-state index contributed by atoms with van der Waals surface area (Å²) < 4.78 is 32.9. The first kappa shape index (κ1) is 27.1. The fraction of sp³-hybridized carbons (Fsp3) is 0.240. The molecule has 0 spiro atoms. The Bertz CT molecular complexity index is 1330. The zero-order valence-electron chi connectivity index (χ0n) is 18.8. The number of nitrogens with zero attached hydrogens (tertiary/aromatic N) is 1. The molecule has 4 rings (SSSR count). The summed E-state index contributed by atoms with van der Waals surface area (Å²) in [6, 6.07) is 14.0. The number of hydrogen-bond acceptors (Lipinski definition) is 3. The van der Waals surface area contributed by atoms with E-state index in [-0.39, 0.29) is 25.1 Å². The summed E-state index contributed by atoms with van der Waals surface area (Å²) >= 11 is 18.3. The van der Waals surface area contributed by atoms with Gasteiger partial charge in [0.05, 0.1) is 23.3 Å². The second-order valence-corrected chi connectivity index (χ2v) is 11.3. The number of hydrogen-bond donors (Lipinski definition) is 2. The lowest BCUT2D eigenvalue weighted by Crippen LogP contribution is -2.43. The number of benzene rings is 3. The molecule has 1 amide bonds. The van der Waals surface area contributed by atoms with E-state index in [0.29, 0.717) is 50.5 Å². The van der Waals surface area contributed by atoms with Crippen LogP contribution in [0.3, 0.4) is 0 Å². The standard InChI is InChI=1S/C25H22Cl3FNO5P/c26-20-14-22(28)21(27)13-18(20)12-17-2-1-3-19(23(17)29)15-4-6-16(7-5-15)24(36(32,33)34)25(31)30-8-10-35-11-9-30/h1-7,13-14,24H,8-12H2,(H2,32,33,34). The van der Waals surface area contributed by atoms with E-state index < -0.39 is 25.0 Å². The van der Waals surface area contributed by atoms with Gasteiger partial charge in [-0.1, -0.05) is 77.3 Å². The predicted molar refractivity (Wildman–Crippen MR) is 138 cm³/mol. The Labute approximate surface area is 222 Å². The van der Waals surface area contributed by atoms with Gasteiger partial charge in [0.25, 0.3) is 0 Å². The monoisotopic (exact) mass is 571 g/mol. The van der Waals surface area contributed by atoms with Gasteiger partial charge in [-0.3, -0.25) is 9.36 Å². The maximum atomic E-state index is 15.5. The molecule has 1 atom stereocenters. The van der Waals surface area contributed by atoms with Gasteiger partial charge in [-0.2, -0.15) is 0 Å². The third kappa shape index (κ3) is 5.95. The second kappa shape index (κ2) is 11.2. The first-order valence-corrected chi connectivity index (χ1v) is 13.8. The van der Waals surface area contributed by atoms with Crippen LogP contribution < -0.4 is 0 Å². The van der Waals surface area contributed by atoms with E-state index >= 15 is 4.39 Å². The molecule has 0 saturated carbocycles. The first-order valence-electron chi connectivity index (χ1n) is 11.0. The molecule has 0 bridgehead atoms. The molecule has 1 unspecified atom stereocenters. The van der Waals surface area contributed by atoms with Crippen LogP contribution in [0.5, 0.6) is 0 Å². The van der Waals surface area contributed by atoms with Crippen LogP contribution in [-0.4, -0.2) is 46.9 Å². The van der Waals surface area contributed by atoms with Crippen LogP contribution in [-0.2, 0) is 20.5 Å². The smallest absolute Gasteiger partial charge is 0.342 e. The largest absolute Gasteiger partial charge is 0.378 e. The summed E-state index contributed by atoms with van der Waals surface area (Å²) in [6.45, 7) is 1.13. The molecule has 36 heavy (non-hydrogen) atoms. The summed E-state index contributed by atoms with van der Waals surface area (Å²) in [6.07, 6.45) is 0.182. The van der Waals surface area contributed by atoms with Crippen molar-refractivity contribution >= 4 is 48.3 Å². The third-order valence-electron chi connectivity index (χ3n) is 5.98. The normalized spacial score (nSPS) is 15.1. The number of carbonyl (C=O) groups is 1. The SMILES string of the molecule is O=C(C(c1ccc(-c2cccc(Cc3cc(Cl)c(Cl)cc3Cl)c2F)cc1)P(=O)(O)O)N1CCOCC1. The Kier molecular flexibility index (Phi) is 8.42. The molecular formula is C25H22Cl3FNO5P. The van der Waals surface area contributed by atoms with Gasteiger partial charge < -0.3 is 19.4 Å². The van der Waals surface area contributed by atoms with Crippen molar-refractivity contribution in [3.63, 3.8) is 0 Å². The number of ether oxygens (including phenoxy) is 1. The van der Waals surface area contributed by atoms with Crippen molar-refractivity contribution in [1.82, 2.24) is 4.90 Å². The molecule has 1 fully saturated rings. The summed E-state index contributed by atoms with van der Waals surface area (Å²) in [4.78, 5) is 34.2. The Morgan fingerprint density at radius 1 is 0.972 bits per heavy atom. The van der Waals surface area contributed by atoms with Crippen LogP contribution in [0.2, 0.25) is 15.1 Å². The van der Waals surface area contributed by atoms with E-state index in [1.165, 1.54) is 23.1 Å². The molecule has 1 heterocycles. The van der Waals surface area contributed by atoms with E-state index in [4.69, 9.17) is 39.5 Å². The maximum Gasteiger partial charge on any atom is 0.342 e. The van der Waals surface area contributed by atoms with Gasteiger partial charge >= 0.3 is 7.60 Å². The van der Waals surface area contributed by atoms with Gasteiger partial charge in [0, 0.05) is 30.1 Å². The van der Waals surface area contributed by atoms with Gasteiger partial charge in [0.1, 0.15) is 5.82 Å². The van der Waals surface area contributed by atoms with E-state index in [9.17, 15) is 19.1 Å². The molecular weight excluding hydrogens is 551 g/mol. The van der Waals surface area contributed by atoms with Gasteiger partial charge in [0.2, 0.25) is 5.91 Å². The fourth-order valence-electron chi connectivity index (χ4n) is 4.13. The predicted octanol–water partition coefficient (Wildman–Crippen LogP) is 6.12. The molecule has 3 aromatic rings. The number of rotatable bonds is 6. The molecule has 6 nitrogen and oxygen atoms in total. The molecule has 1 saturated heterocycles. The van der Waals surface area contributed by atoms with Crippen molar-refractivity contribution in [1.29, 1.82) is 0 Å². The molecule has 1 aliphatic heterocycles. The minimum atomic E-state index is -4.82. The first-order chi connectivity index (χ1) is 17.1. The quantitative estimate of drug-likeness (QED) is 0.275. The number of carbonyl (C=O) groups excluding carboxylic acids is 1. The fourth-order valence-corrected chi connectivity index (χ4v) is 5.77. The summed E-state index contributed by atoms with van der Waals surface area (Å²) in [7, 11) is -4.82. The Morgan fingerprint density at radius 3 is 2.25 bits per heavy atom. The average molecular weight is 573 g/mol. The van der Waals surface area contributed by atoms with E-state index in [1.54, 1.807) is 36.4 Å². The minimum absolute atomic E-state index is 0.155. The average Bonchev–Trinajstić information content (AvgIpc) is 2.84. The molecule has 3 aromatic carbocycles. The Morgan fingerprint density at radius 2 is 1.61 bits per heavy atom. The summed E-state index contributed by atoms with van der Waals surface area (Å²) in [5.41, 5.74) is 0.292. The van der Waals surface area contributed by atoms with Crippen LogP contribution in [0, 0.1) is 5.82 Å². The lowest BCUT2D eigenvalue weighted by molar-refractivity contribution is -0.135. The lowest BCUT2D eigenvalue weighted by atomic mass is 9.97. The van der Waals surface area contributed by atoms with Gasteiger partial charge in [-0.15, -0.1) is 0 Å². The van der Waals surface area contributed by atoms with Crippen LogP contribution >= 0.6 is 42.4 Å². The van der Waals surface area contributed by atoms with Crippen molar-refractivity contribution in [3.8, 4) is 11.1 Å². The molecule has 0 radical (unpaired) electrons. The van der Waals surface area contributed by atoms with E-state index in [0.717, 1.165) is 0 Å². The van der Waals surface area contributed by atoms with Crippen molar-refractivity contribution in [2.75, 3.05) is 26.3 Å². The van der Waals surface area contributed by atoms with E-state index in [2.05, 4.69) is 0 Å². The van der Waals surface area contributed by atoms with Crippen molar-refractivity contribution < 1.29 is 28.3 Å². The summed E-state index contributed by atoms with van der Waals surface area (Å²) in [5.74, 6) is -1.13. The zero-order valence-corrected chi connectivity index (χ0v) is 22.0. The molecule has 1 aliphatic rings. The molecule has 0 aliphatic carbocycles.